The molecule has 8 nitrogen and oxygen atoms in total. The number of sulfonamides is 1. The van der Waals surface area contributed by atoms with E-state index < -0.39 is 22.5 Å². The van der Waals surface area contributed by atoms with Gasteiger partial charge in [0, 0.05) is 6.54 Å². The van der Waals surface area contributed by atoms with Crippen LogP contribution in [0, 0.1) is 6.92 Å². The Bertz CT molecular complexity index is 1260. The van der Waals surface area contributed by atoms with Gasteiger partial charge in [-0.15, -0.1) is 0 Å². The van der Waals surface area contributed by atoms with Gasteiger partial charge in [0.1, 0.15) is 11.5 Å². The number of methoxy groups -OCH3 is 1. The lowest BCUT2D eigenvalue weighted by atomic mass is 10.2. The lowest BCUT2D eigenvalue weighted by Gasteiger charge is -2.22. The molecule has 0 aliphatic carbocycles. The predicted molar refractivity (Wildman–Crippen MR) is 135 cm³/mol. The fourth-order valence-electron chi connectivity index (χ4n) is 3.36. The molecule has 3 aromatic carbocycles. The van der Waals surface area contributed by atoms with Crippen LogP contribution in [0.4, 0.5) is 0 Å². The summed E-state index contributed by atoms with van der Waals surface area (Å²) < 4.78 is 38.7. The zero-order chi connectivity index (χ0) is 25.3. The fourth-order valence-corrected chi connectivity index (χ4v) is 4.83. The number of nitrogens with zero attached hydrogens (tertiary/aromatic N) is 2. The van der Waals surface area contributed by atoms with Crippen molar-refractivity contribution in [1.82, 2.24) is 9.73 Å². The molecule has 1 amide bonds. The Labute approximate surface area is 206 Å². The number of hydrogen-bond acceptors (Lipinski definition) is 6. The topological polar surface area (TPSA) is 97.3 Å². The minimum Gasteiger partial charge on any atom is -0.496 e. The molecule has 0 spiro atoms. The van der Waals surface area contributed by atoms with Gasteiger partial charge in [-0.25, -0.2) is 13.8 Å². The zero-order valence-corrected chi connectivity index (χ0v) is 20.8. The second kappa shape index (κ2) is 12.1. The smallest absolute Gasteiger partial charge is 0.255 e. The number of carbonyl (C=O) groups excluding carboxylic acids is 1. The molecule has 3 aromatic rings. The van der Waals surface area contributed by atoms with Crippen LogP contribution >= 0.6 is 0 Å². The van der Waals surface area contributed by atoms with Gasteiger partial charge in [0.25, 0.3) is 5.91 Å². The van der Waals surface area contributed by atoms with E-state index in [0.717, 1.165) is 21.2 Å². The molecule has 35 heavy (non-hydrogen) atoms. The molecule has 0 atom stereocenters. The van der Waals surface area contributed by atoms with Crippen molar-refractivity contribution in [2.24, 2.45) is 5.10 Å². The summed E-state index contributed by atoms with van der Waals surface area (Å²) >= 11 is 0. The Kier molecular flexibility index (Phi) is 8.99. The van der Waals surface area contributed by atoms with E-state index in [-0.39, 0.29) is 11.4 Å². The highest BCUT2D eigenvalue weighted by molar-refractivity contribution is 7.89. The lowest BCUT2D eigenvalue weighted by Crippen LogP contribution is -2.39. The summed E-state index contributed by atoms with van der Waals surface area (Å²) in [6.07, 6.45) is 1.48. The first-order chi connectivity index (χ1) is 16.8. The maximum absolute atomic E-state index is 13.5. The monoisotopic (exact) mass is 495 g/mol. The summed E-state index contributed by atoms with van der Waals surface area (Å²) in [6.45, 7) is 3.87. The molecule has 0 heterocycles. The first kappa shape index (κ1) is 25.9. The Hall–Kier alpha value is -3.69. The summed E-state index contributed by atoms with van der Waals surface area (Å²) in [6, 6.07) is 20.9. The van der Waals surface area contributed by atoms with Crippen molar-refractivity contribution in [3.8, 4) is 11.5 Å². The molecule has 0 aromatic heterocycles. The Morgan fingerprint density at radius 2 is 1.77 bits per heavy atom. The van der Waals surface area contributed by atoms with Crippen molar-refractivity contribution in [3.63, 3.8) is 0 Å². The van der Waals surface area contributed by atoms with E-state index >= 15 is 0 Å². The number of ether oxygens (including phenoxy) is 2. The summed E-state index contributed by atoms with van der Waals surface area (Å²) in [7, 11) is -2.45. The highest BCUT2D eigenvalue weighted by atomic mass is 32.2. The van der Waals surface area contributed by atoms with Crippen LogP contribution in [-0.4, -0.2) is 45.1 Å². The van der Waals surface area contributed by atoms with E-state index in [0.29, 0.717) is 17.9 Å². The summed E-state index contributed by atoms with van der Waals surface area (Å²) in [5.41, 5.74) is 4.61. The van der Waals surface area contributed by atoms with Crippen LogP contribution in [0.1, 0.15) is 23.6 Å². The van der Waals surface area contributed by atoms with E-state index in [9.17, 15) is 13.2 Å². The summed E-state index contributed by atoms with van der Waals surface area (Å²) in [5.74, 6) is 0.765. The quantitative estimate of drug-likeness (QED) is 0.323. The minimum absolute atomic E-state index is 0.0320. The zero-order valence-electron chi connectivity index (χ0n) is 20.0. The number of amides is 1. The van der Waals surface area contributed by atoms with Gasteiger partial charge >= 0.3 is 0 Å². The summed E-state index contributed by atoms with van der Waals surface area (Å²) in [5, 5.41) is 3.97. The van der Waals surface area contributed by atoms with E-state index in [1.54, 1.807) is 37.3 Å². The predicted octanol–water partition coefficient (Wildman–Crippen LogP) is 3.74. The normalized spacial score (nSPS) is 11.5. The van der Waals surface area contributed by atoms with Crippen LogP contribution in [0.3, 0.4) is 0 Å². The third-order valence-electron chi connectivity index (χ3n) is 5.12. The fraction of sp³-hybridized carbons (Fsp3) is 0.231. The van der Waals surface area contributed by atoms with Crippen LogP contribution in [-0.2, 0) is 21.4 Å². The molecule has 0 bridgehead atoms. The largest absolute Gasteiger partial charge is 0.496 e. The first-order valence-electron chi connectivity index (χ1n) is 11.1. The number of rotatable bonds is 11. The maximum atomic E-state index is 13.5. The van der Waals surface area contributed by atoms with Crippen molar-refractivity contribution < 1.29 is 22.7 Å². The number of nitrogens with one attached hydrogen (secondary N) is 1. The highest BCUT2D eigenvalue weighted by Crippen LogP contribution is 2.24. The van der Waals surface area contributed by atoms with Crippen LogP contribution in [0.15, 0.2) is 82.8 Å². The minimum atomic E-state index is -3.98. The van der Waals surface area contributed by atoms with Crippen molar-refractivity contribution >= 4 is 22.1 Å². The average Bonchev–Trinajstić information content (AvgIpc) is 2.85. The molecule has 184 valence electrons. The second-order valence-corrected chi connectivity index (χ2v) is 9.62. The van der Waals surface area contributed by atoms with Crippen molar-refractivity contribution in [2.45, 2.75) is 25.3 Å². The Morgan fingerprint density at radius 3 is 2.40 bits per heavy atom. The molecule has 0 unspecified atom stereocenters. The number of benzene rings is 3. The van der Waals surface area contributed by atoms with Gasteiger partial charge < -0.3 is 9.47 Å². The molecule has 9 heteroatoms. The van der Waals surface area contributed by atoms with Gasteiger partial charge in [-0.3, -0.25) is 4.79 Å². The SMILES string of the molecule is CCOc1ccc(/C=N/NC(=O)CN(Cc2ccccc2)S(=O)(=O)c2ccc(OC)c(C)c2)cc1. The maximum Gasteiger partial charge on any atom is 0.255 e. The van der Waals surface area contributed by atoms with E-state index in [4.69, 9.17) is 9.47 Å². The standard InChI is InChI=1S/C26H29N3O5S/c1-4-34-23-12-10-21(11-13-23)17-27-28-26(30)19-29(18-22-8-6-5-7-9-22)35(31,32)24-14-15-25(33-3)20(2)16-24/h5-17H,4,18-19H2,1-3H3,(H,28,30)/b27-17+. The van der Waals surface area contributed by atoms with Gasteiger partial charge in [0.05, 0.1) is 31.4 Å². The first-order valence-corrected chi connectivity index (χ1v) is 12.5. The van der Waals surface area contributed by atoms with Crippen molar-refractivity contribution in [2.75, 3.05) is 20.3 Å². The van der Waals surface area contributed by atoms with Crippen LogP contribution < -0.4 is 14.9 Å². The van der Waals surface area contributed by atoms with Gasteiger partial charge in [0.15, 0.2) is 0 Å². The molecule has 0 saturated heterocycles. The number of hydrogen-bond donors (Lipinski definition) is 1. The molecular weight excluding hydrogens is 466 g/mol. The van der Waals surface area contributed by atoms with E-state index in [1.165, 1.54) is 25.5 Å². The van der Waals surface area contributed by atoms with Crippen molar-refractivity contribution in [1.29, 1.82) is 0 Å². The van der Waals surface area contributed by atoms with Gasteiger partial charge in [-0.2, -0.15) is 9.41 Å². The van der Waals surface area contributed by atoms with Gasteiger partial charge in [0.2, 0.25) is 10.0 Å². The van der Waals surface area contributed by atoms with Gasteiger partial charge in [-0.1, -0.05) is 30.3 Å². The third-order valence-corrected chi connectivity index (χ3v) is 6.91. The van der Waals surface area contributed by atoms with E-state index in [2.05, 4.69) is 10.5 Å². The highest BCUT2D eigenvalue weighted by Gasteiger charge is 2.27. The van der Waals surface area contributed by atoms with Gasteiger partial charge in [-0.05, 0) is 73.0 Å². The van der Waals surface area contributed by atoms with E-state index in [1.807, 2.05) is 37.3 Å². The summed E-state index contributed by atoms with van der Waals surface area (Å²) in [4.78, 5) is 12.7. The van der Waals surface area contributed by atoms with Crippen molar-refractivity contribution in [3.05, 3.63) is 89.5 Å². The second-order valence-electron chi connectivity index (χ2n) is 7.69. The number of carbonyl (C=O) groups is 1. The lowest BCUT2D eigenvalue weighted by molar-refractivity contribution is -0.121. The van der Waals surface area contributed by atoms with Crippen LogP contribution in [0.25, 0.3) is 0 Å². The molecule has 0 aliphatic rings. The Morgan fingerprint density at radius 1 is 1.06 bits per heavy atom. The number of aryl methyl sites for hydroxylation is 1. The molecule has 0 radical (unpaired) electrons. The molecule has 3 rings (SSSR count). The molecule has 0 fully saturated rings. The molecular formula is C26H29N3O5S. The Balaban J connectivity index is 1.76. The van der Waals surface area contributed by atoms with Crippen LogP contribution in [0.2, 0.25) is 0 Å². The number of hydrazone groups is 1. The molecule has 1 N–H and O–H groups in total. The third kappa shape index (κ3) is 7.14. The molecule has 0 saturated carbocycles. The molecule has 0 aliphatic heterocycles. The average molecular weight is 496 g/mol. The van der Waals surface area contributed by atoms with Crippen LogP contribution in [0.5, 0.6) is 11.5 Å².